The van der Waals surface area contributed by atoms with E-state index in [0.717, 1.165) is 31.7 Å². The van der Waals surface area contributed by atoms with E-state index in [2.05, 4.69) is 39.9 Å². The number of aryl methyl sites for hydroxylation is 3. The molecule has 0 aromatic carbocycles. The lowest BCUT2D eigenvalue weighted by molar-refractivity contribution is 0.330. The molecule has 0 spiro atoms. The third kappa shape index (κ3) is 4.96. The molecule has 4 heteroatoms. The van der Waals surface area contributed by atoms with Crippen molar-refractivity contribution in [2.24, 2.45) is 0 Å². The van der Waals surface area contributed by atoms with Crippen molar-refractivity contribution in [2.75, 3.05) is 32.7 Å². The van der Waals surface area contributed by atoms with Crippen molar-refractivity contribution >= 4 is 0 Å². The highest BCUT2D eigenvalue weighted by molar-refractivity contribution is 5.06. The Morgan fingerprint density at radius 1 is 1.11 bits per heavy atom. The summed E-state index contributed by atoms with van der Waals surface area (Å²) in [5.74, 6) is 0. The lowest BCUT2D eigenvalue weighted by Crippen LogP contribution is -2.25. The first-order chi connectivity index (χ1) is 9.25. The van der Waals surface area contributed by atoms with Gasteiger partial charge in [-0.2, -0.15) is 5.10 Å². The predicted octanol–water partition coefficient (Wildman–Crippen LogP) is 1.97. The molecular formula is C15H28N4. The van der Waals surface area contributed by atoms with E-state index in [4.69, 9.17) is 0 Å². The average Bonchev–Trinajstić information content (AvgIpc) is 2.98. The van der Waals surface area contributed by atoms with Crippen molar-refractivity contribution in [2.45, 2.75) is 46.1 Å². The fraction of sp³-hybridized carbons (Fsp3) is 0.800. The van der Waals surface area contributed by atoms with E-state index < -0.39 is 0 Å². The molecular weight excluding hydrogens is 236 g/mol. The standard InChI is InChI=1S/C15H28N4/c1-14-13-15(2)19(17-14)12-6-8-16-7-5-11-18-9-3-4-10-18/h13,16H,3-12H2,1-2H3. The van der Waals surface area contributed by atoms with Gasteiger partial charge in [-0.15, -0.1) is 0 Å². The van der Waals surface area contributed by atoms with Gasteiger partial charge in [0.05, 0.1) is 5.69 Å². The second kappa shape index (κ2) is 7.65. The third-order valence-corrected chi connectivity index (χ3v) is 3.85. The van der Waals surface area contributed by atoms with E-state index in [9.17, 15) is 0 Å². The summed E-state index contributed by atoms with van der Waals surface area (Å²) in [4.78, 5) is 2.58. The van der Waals surface area contributed by atoms with Gasteiger partial charge < -0.3 is 10.2 Å². The molecule has 1 aromatic rings. The highest BCUT2D eigenvalue weighted by Crippen LogP contribution is 2.06. The van der Waals surface area contributed by atoms with Crippen molar-refractivity contribution < 1.29 is 0 Å². The molecule has 0 atom stereocenters. The first kappa shape index (κ1) is 14.5. The highest BCUT2D eigenvalue weighted by atomic mass is 15.3. The van der Waals surface area contributed by atoms with Crippen molar-refractivity contribution in [1.82, 2.24) is 20.0 Å². The fourth-order valence-electron chi connectivity index (χ4n) is 2.81. The quantitative estimate of drug-likeness (QED) is 0.729. The van der Waals surface area contributed by atoms with Gasteiger partial charge in [0.1, 0.15) is 0 Å². The van der Waals surface area contributed by atoms with Gasteiger partial charge in [-0.25, -0.2) is 0 Å². The van der Waals surface area contributed by atoms with Gasteiger partial charge in [0, 0.05) is 12.2 Å². The molecule has 1 N–H and O–H groups in total. The van der Waals surface area contributed by atoms with Gasteiger partial charge in [-0.05, 0) is 78.3 Å². The molecule has 0 aliphatic carbocycles. The Bertz CT molecular complexity index is 366. The van der Waals surface area contributed by atoms with E-state index in [-0.39, 0.29) is 0 Å². The molecule has 1 aromatic heterocycles. The predicted molar refractivity (Wildman–Crippen MR) is 79.5 cm³/mol. The van der Waals surface area contributed by atoms with Crippen molar-refractivity contribution in [1.29, 1.82) is 0 Å². The maximum atomic E-state index is 4.48. The molecule has 19 heavy (non-hydrogen) atoms. The van der Waals surface area contributed by atoms with Crippen molar-refractivity contribution in [3.8, 4) is 0 Å². The van der Waals surface area contributed by atoms with E-state index >= 15 is 0 Å². The first-order valence-electron chi connectivity index (χ1n) is 7.70. The topological polar surface area (TPSA) is 33.1 Å². The Morgan fingerprint density at radius 3 is 2.42 bits per heavy atom. The number of nitrogens with one attached hydrogen (secondary N) is 1. The summed E-state index contributed by atoms with van der Waals surface area (Å²) in [5.41, 5.74) is 2.39. The summed E-state index contributed by atoms with van der Waals surface area (Å²) in [6.07, 6.45) is 5.23. The smallest absolute Gasteiger partial charge is 0.0596 e. The molecule has 2 rings (SSSR count). The van der Waals surface area contributed by atoms with Crippen LogP contribution < -0.4 is 5.32 Å². The van der Waals surface area contributed by atoms with Gasteiger partial charge >= 0.3 is 0 Å². The molecule has 1 fully saturated rings. The molecule has 1 saturated heterocycles. The summed E-state index contributed by atoms with van der Waals surface area (Å²) in [5, 5.41) is 8.02. The Balaban J connectivity index is 1.47. The monoisotopic (exact) mass is 264 g/mol. The van der Waals surface area contributed by atoms with Crippen LogP contribution >= 0.6 is 0 Å². The number of rotatable bonds is 8. The number of aromatic nitrogens is 2. The van der Waals surface area contributed by atoms with Crippen LogP contribution in [0.15, 0.2) is 6.07 Å². The van der Waals surface area contributed by atoms with Crippen molar-refractivity contribution in [3.05, 3.63) is 17.5 Å². The lowest BCUT2D eigenvalue weighted by Gasteiger charge is -2.14. The zero-order chi connectivity index (χ0) is 13.5. The van der Waals surface area contributed by atoms with Crippen LogP contribution in [0.1, 0.15) is 37.1 Å². The maximum Gasteiger partial charge on any atom is 0.0596 e. The molecule has 4 nitrogen and oxygen atoms in total. The zero-order valence-electron chi connectivity index (χ0n) is 12.5. The third-order valence-electron chi connectivity index (χ3n) is 3.85. The number of hydrogen-bond acceptors (Lipinski definition) is 3. The van der Waals surface area contributed by atoms with Crippen LogP contribution in [0.3, 0.4) is 0 Å². The molecule has 0 saturated carbocycles. The van der Waals surface area contributed by atoms with Crippen LogP contribution in [-0.2, 0) is 6.54 Å². The second-order valence-corrected chi connectivity index (χ2v) is 5.66. The number of likely N-dealkylation sites (tertiary alicyclic amines) is 1. The number of hydrogen-bond donors (Lipinski definition) is 1. The molecule has 0 amide bonds. The minimum atomic E-state index is 1.03. The Morgan fingerprint density at radius 2 is 1.79 bits per heavy atom. The Kier molecular flexibility index (Phi) is 5.86. The molecule has 108 valence electrons. The van der Waals surface area contributed by atoms with Crippen LogP contribution in [0.5, 0.6) is 0 Å². The van der Waals surface area contributed by atoms with Crippen molar-refractivity contribution in [3.63, 3.8) is 0 Å². The van der Waals surface area contributed by atoms with Crippen LogP contribution in [0.25, 0.3) is 0 Å². The van der Waals surface area contributed by atoms with Crippen LogP contribution in [0.2, 0.25) is 0 Å². The first-order valence-corrected chi connectivity index (χ1v) is 7.70. The van der Waals surface area contributed by atoms with Crippen LogP contribution in [0, 0.1) is 13.8 Å². The fourth-order valence-corrected chi connectivity index (χ4v) is 2.81. The summed E-state index contributed by atoms with van der Waals surface area (Å²) >= 11 is 0. The summed E-state index contributed by atoms with van der Waals surface area (Å²) in [6, 6.07) is 2.14. The minimum Gasteiger partial charge on any atom is -0.317 e. The van der Waals surface area contributed by atoms with E-state index in [1.165, 1.54) is 44.6 Å². The highest BCUT2D eigenvalue weighted by Gasteiger charge is 2.09. The van der Waals surface area contributed by atoms with E-state index in [1.807, 2.05) is 0 Å². The molecule has 0 bridgehead atoms. The van der Waals surface area contributed by atoms with Gasteiger partial charge in [-0.3, -0.25) is 4.68 Å². The number of nitrogens with zero attached hydrogens (tertiary/aromatic N) is 3. The van der Waals surface area contributed by atoms with Gasteiger partial charge in [0.15, 0.2) is 0 Å². The van der Waals surface area contributed by atoms with Gasteiger partial charge in [0.25, 0.3) is 0 Å². The lowest BCUT2D eigenvalue weighted by atomic mass is 10.3. The summed E-state index contributed by atoms with van der Waals surface area (Å²) in [6.45, 7) is 11.4. The van der Waals surface area contributed by atoms with Gasteiger partial charge in [0.2, 0.25) is 0 Å². The summed E-state index contributed by atoms with van der Waals surface area (Å²) in [7, 11) is 0. The minimum absolute atomic E-state index is 1.03. The molecule has 0 unspecified atom stereocenters. The largest absolute Gasteiger partial charge is 0.317 e. The van der Waals surface area contributed by atoms with Crippen LogP contribution in [0.4, 0.5) is 0 Å². The zero-order valence-corrected chi connectivity index (χ0v) is 12.5. The normalized spacial score (nSPS) is 16.3. The van der Waals surface area contributed by atoms with E-state index in [1.54, 1.807) is 0 Å². The average molecular weight is 264 g/mol. The molecule has 0 radical (unpaired) electrons. The molecule has 2 heterocycles. The van der Waals surface area contributed by atoms with E-state index in [0.29, 0.717) is 0 Å². The van der Waals surface area contributed by atoms with Crippen LogP contribution in [-0.4, -0.2) is 47.4 Å². The SMILES string of the molecule is Cc1cc(C)n(CCCNCCCN2CCCC2)n1. The molecule has 1 aliphatic heterocycles. The second-order valence-electron chi connectivity index (χ2n) is 5.66. The Hall–Kier alpha value is -0.870. The summed E-state index contributed by atoms with van der Waals surface area (Å²) < 4.78 is 2.11. The molecule has 1 aliphatic rings. The van der Waals surface area contributed by atoms with Gasteiger partial charge in [-0.1, -0.05) is 0 Å². The maximum absolute atomic E-state index is 4.48. The Labute approximate surface area is 117 Å².